The Kier molecular flexibility index (Phi) is 2.51. The van der Waals surface area contributed by atoms with Gasteiger partial charge in [0.05, 0.1) is 18.3 Å². The van der Waals surface area contributed by atoms with Gasteiger partial charge in [-0.3, -0.25) is 0 Å². The Labute approximate surface area is 91.9 Å². The maximum Gasteiger partial charge on any atom is 0.243 e. The summed E-state index contributed by atoms with van der Waals surface area (Å²) >= 11 is 0. The van der Waals surface area contributed by atoms with Crippen LogP contribution in [0.1, 0.15) is 13.8 Å². The Morgan fingerprint density at radius 3 is 2.94 bits per heavy atom. The van der Waals surface area contributed by atoms with Gasteiger partial charge in [0, 0.05) is 0 Å². The highest BCUT2D eigenvalue weighted by atomic mass is 19.1. The van der Waals surface area contributed by atoms with Crippen molar-refractivity contribution in [2.24, 2.45) is 0 Å². The van der Waals surface area contributed by atoms with Gasteiger partial charge in [-0.15, -0.1) is 5.10 Å². The molecule has 0 spiro atoms. The van der Waals surface area contributed by atoms with Crippen LogP contribution in [0.4, 0.5) is 10.3 Å². The van der Waals surface area contributed by atoms with Gasteiger partial charge < -0.3 is 10.4 Å². The van der Waals surface area contributed by atoms with E-state index in [1.165, 1.54) is 16.8 Å². The number of nitrogens with one attached hydrogen (secondary N) is 1. The fourth-order valence-electron chi connectivity index (χ4n) is 1.25. The van der Waals surface area contributed by atoms with E-state index in [4.69, 9.17) is 5.11 Å². The maximum absolute atomic E-state index is 12.9. The van der Waals surface area contributed by atoms with E-state index in [0.717, 1.165) is 0 Å². The molecule has 0 aromatic carbocycles. The number of hydrogen-bond acceptors (Lipinski definition) is 4. The van der Waals surface area contributed by atoms with Crippen LogP contribution in [0.2, 0.25) is 0 Å². The van der Waals surface area contributed by atoms with E-state index < -0.39 is 5.54 Å². The second-order valence-corrected chi connectivity index (χ2v) is 4.25. The number of aliphatic hydroxyl groups excluding tert-OH is 1. The van der Waals surface area contributed by atoms with Crippen molar-refractivity contribution in [3.63, 3.8) is 0 Å². The summed E-state index contributed by atoms with van der Waals surface area (Å²) in [5.41, 5.74) is 0.0429. The topological polar surface area (TPSA) is 62.5 Å². The lowest BCUT2D eigenvalue weighted by atomic mass is 10.1. The molecule has 0 aliphatic carbocycles. The standard InChI is InChI=1S/C10H13FN4O/c1-10(2,6-16)13-9-12-8-4-3-7(11)5-15(8)14-9/h3-5,16H,6H2,1-2H3,(H,13,14). The van der Waals surface area contributed by atoms with Gasteiger partial charge in [-0.25, -0.2) is 8.91 Å². The Balaban J connectivity index is 2.33. The molecule has 0 atom stereocenters. The molecule has 5 nitrogen and oxygen atoms in total. The zero-order valence-electron chi connectivity index (χ0n) is 9.11. The molecule has 0 fully saturated rings. The maximum atomic E-state index is 12.9. The molecular weight excluding hydrogens is 211 g/mol. The first-order valence-electron chi connectivity index (χ1n) is 4.91. The lowest BCUT2D eigenvalue weighted by molar-refractivity contribution is 0.233. The molecule has 2 rings (SSSR count). The summed E-state index contributed by atoms with van der Waals surface area (Å²) in [6, 6.07) is 2.87. The molecule has 6 heteroatoms. The minimum atomic E-state index is -0.510. The molecule has 0 radical (unpaired) electrons. The summed E-state index contributed by atoms with van der Waals surface area (Å²) in [5, 5.41) is 16.1. The summed E-state index contributed by atoms with van der Waals surface area (Å²) in [6.07, 6.45) is 1.25. The molecule has 0 unspecified atom stereocenters. The van der Waals surface area contributed by atoms with E-state index in [1.807, 2.05) is 13.8 Å². The van der Waals surface area contributed by atoms with Crippen molar-refractivity contribution < 1.29 is 9.50 Å². The van der Waals surface area contributed by atoms with Gasteiger partial charge >= 0.3 is 0 Å². The lowest BCUT2D eigenvalue weighted by Crippen LogP contribution is -2.35. The number of nitrogens with zero attached hydrogens (tertiary/aromatic N) is 3. The summed E-state index contributed by atoms with van der Waals surface area (Å²) in [6.45, 7) is 3.59. The summed E-state index contributed by atoms with van der Waals surface area (Å²) in [4.78, 5) is 4.15. The average molecular weight is 224 g/mol. The van der Waals surface area contributed by atoms with E-state index in [1.54, 1.807) is 6.07 Å². The quantitative estimate of drug-likeness (QED) is 0.818. The normalized spacial score (nSPS) is 12.0. The van der Waals surface area contributed by atoms with E-state index in [2.05, 4.69) is 15.4 Å². The smallest absolute Gasteiger partial charge is 0.243 e. The molecule has 0 aliphatic heterocycles. The fraction of sp³-hybridized carbons (Fsp3) is 0.400. The third-order valence-electron chi connectivity index (χ3n) is 2.14. The predicted molar refractivity (Wildman–Crippen MR) is 57.7 cm³/mol. The van der Waals surface area contributed by atoms with Gasteiger partial charge in [0.15, 0.2) is 5.65 Å². The molecular formula is C10H13FN4O. The number of hydrogen-bond donors (Lipinski definition) is 2. The number of rotatable bonds is 3. The minimum Gasteiger partial charge on any atom is -0.394 e. The monoisotopic (exact) mass is 224 g/mol. The van der Waals surface area contributed by atoms with Crippen LogP contribution in [-0.2, 0) is 0 Å². The van der Waals surface area contributed by atoms with Crippen LogP contribution >= 0.6 is 0 Å². The van der Waals surface area contributed by atoms with Crippen molar-refractivity contribution in [2.75, 3.05) is 11.9 Å². The van der Waals surface area contributed by atoms with E-state index in [0.29, 0.717) is 11.6 Å². The summed E-state index contributed by atoms with van der Waals surface area (Å²) in [7, 11) is 0. The molecule has 2 aromatic rings. The van der Waals surface area contributed by atoms with Crippen molar-refractivity contribution in [1.29, 1.82) is 0 Å². The molecule has 0 saturated carbocycles. The van der Waals surface area contributed by atoms with Crippen molar-refractivity contribution in [3.8, 4) is 0 Å². The van der Waals surface area contributed by atoms with Crippen molar-refractivity contribution in [3.05, 3.63) is 24.1 Å². The molecule has 0 bridgehead atoms. The largest absolute Gasteiger partial charge is 0.394 e. The minimum absolute atomic E-state index is 0.0447. The molecule has 2 aromatic heterocycles. The fourth-order valence-corrected chi connectivity index (χ4v) is 1.25. The number of pyridine rings is 1. The third kappa shape index (κ3) is 2.11. The number of aliphatic hydroxyl groups is 1. The van der Waals surface area contributed by atoms with E-state index in [9.17, 15) is 4.39 Å². The van der Waals surface area contributed by atoms with Crippen LogP contribution in [0.3, 0.4) is 0 Å². The summed E-state index contributed by atoms with van der Waals surface area (Å²) in [5.74, 6) is -0.00461. The van der Waals surface area contributed by atoms with Crippen molar-refractivity contribution >= 4 is 11.6 Å². The number of halogens is 1. The summed E-state index contributed by atoms with van der Waals surface area (Å²) < 4.78 is 14.3. The first-order valence-corrected chi connectivity index (χ1v) is 4.91. The average Bonchev–Trinajstić information content (AvgIpc) is 2.58. The van der Waals surface area contributed by atoms with Gasteiger partial charge in [0.2, 0.25) is 5.95 Å². The van der Waals surface area contributed by atoms with Crippen LogP contribution in [0.5, 0.6) is 0 Å². The molecule has 2 N–H and O–H groups in total. The first kappa shape index (κ1) is 10.8. The third-order valence-corrected chi connectivity index (χ3v) is 2.14. The van der Waals surface area contributed by atoms with E-state index in [-0.39, 0.29) is 12.4 Å². The van der Waals surface area contributed by atoms with Crippen molar-refractivity contribution in [2.45, 2.75) is 19.4 Å². The SMILES string of the molecule is CC(C)(CO)Nc1nc2ccc(F)cn2n1. The molecule has 0 saturated heterocycles. The van der Waals surface area contributed by atoms with Crippen LogP contribution < -0.4 is 5.32 Å². The zero-order valence-corrected chi connectivity index (χ0v) is 9.11. The molecule has 16 heavy (non-hydrogen) atoms. The first-order chi connectivity index (χ1) is 7.50. The van der Waals surface area contributed by atoms with Gasteiger partial charge in [0.1, 0.15) is 5.82 Å². The highest BCUT2D eigenvalue weighted by molar-refractivity contribution is 5.43. The molecule has 2 heterocycles. The lowest BCUT2D eigenvalue weighted by Gasteiger charge is -2.21. The highest BCUT2D eigenvalue weighted by Crippen LogP contribution is 2.12. The van der Waals surface area contributed by atoms with E-state index >= 15 is 0 Å². The van der Waals surface area contributed by atoms with Crippen molar-refractivity contribution in [1.82, 2.24) is 14.6 Å². The number of anilines is 1. The predicted octanol–water partition coefficient (Wildman–Crippen LogP) is 1.05. The Morgan fingerprint density at radius 1 is 1.50 bits per heavy atom. The van der Waals surface area contributed by atoms with Crippen LogP contribution in [0.15, 0.2) is 18.3 Å². The van der Waals surface area contributed by atoms with Gasteiger partial charge in [-0.1, -0.05) is 0 Å². The molecule has 0 amide bonds. The Morgan fingerprint density at radius 2 is 2.25 bits per heavy atom. The highest BCUT2D eigenvalue weighted by Gasteiger charge is 2.18. The van der Waals surface area contributed by atoms with Crippen LogP contribution in [-0.4, -0.2) is 31.9 Å². The zero-order chi connectivity index (χ0) is 11.8. The number of fused-ring (bicyclic) bond motifs is 1. The Hall–Kier alpha value is -1.69. The van der Waals surface area contributed by atoms with Gasteiger partial charge in [0.25, 0.3) is 0 Å². The second-order valence-electron chi connectivity index (χ2n) is 4.25. The van der Waals surface area contributed by atoms with Gasteiger partial charge in [-0.05, 0) is 26.0 Å². The van der Waals surface area contributed by atoms with Crippen LogP contribution in [0, 0.1) is 5.82 Å². The molecule has 86 valence electrons. The van der Waals surface area contributed by atoms with Crippen LogP contribution in [0.25, 0.3) is 5.65 Å². The Bertz CT molecular complexity index is 508. The molecule has 0 aliphatic rings. The number of aromatic nitrogens is 3. The van der Waals surface area contributed by atoms with Gasteiger partial charge in [-0.2, -0.15) is 4.98 Å². The second kappa shape index (κ2) is 3.71.